The van der Waals surface area contributed by atoms with Crippen molar-refractivity contribution < 1.29 is 13.2 Å². The normalized spacial score (nSPS) is 18.8. The maximum Gasteiger partial charge on any atom is 0.214 e. The topological polar surface area (TPSA) is 49.9 Å². The summed E-state index contributed by atoms with van der Waals surface area (Å²) in [5.74, 6) is 0.326. The molecule has 1 aliphatic heterocycles. The quantitative estimate of drug-likeness (QED) is 0.768. The fourth-order valence-electron chi connectivity index (χ4n) is 2.63. The van der Waals surface area contributed by atoms with Crippen LogP contribution in [-0.2, 0) is 21.3 Å². The SMILES string of the molecule is CCN(Cc1ccc(N(C)C)cc1)S(=O)(=O)C[C@@H]1CCOC1. The summed E-state index contributed by atoms with van der Waals surface area (Å²) in [5, 5.41) is 0. The first kappa shape index (κ1) is 17.2. The summed E-state index contributed by atoms with van der Waals surface area (Å²) in [4.78, 5) is 2.03. The second-order valence-electron chi connectivity index (χ2n) is 6.00. The molecule has 5 nitrogen and oxygen atoms in total. The summed E-state index contributed by atoms with van der Waals surface area (Å²) in [5.41, 5.74) is 2.12. The number of benzene rings is 1. The van der Waals surface area contributed by atoms with Crippen LogP contribution in [0.2, 0.25) is 0 Å². The molecule has 6 heteroatoms. The van der Waals surface area contributed by atoms with Crippen molar-refractivity contribution in [2.75, 3.05) is 44.5 Å². The molecule has 0 aromatic heterocycles. The lowest BCUT2D eigenvalue weighted by Crippen LogP contribution is -2.35. The fourth-order valence-corrected chi connectivity index (χ4v) is 4.44. The summed E-state index contributed by atoms with van der Waals surface area (Å²) in [7, 11) is 0.738. The summed E-state index contributed by atoms with van der Waals surface area (Å²) < 4.78 is 32.0. The van der Waals surface area contributed by atoms with Crippen molar-refractivity contribution in [3.63, 3.8) is 0 Å². The van der Waals surface area contributed by atoms with Crippen molar-refractivity contribution in [2.24, 2.45) is 5.92 Å². The molecule has 1 aromatic rings. The number of sulfonamides is 1. The van der Waals surface area contributed by atoms with Crippen LogP contribution < -0.4 is 4.90 Å². The smallest absolute Gasteiger partial charge is 0.214 e. The molecule has 124 valence electrons. The van der Waals surface area contributed by atoms with E-state index in [0.717, 1.165) is 17.7 Å². The van der Waals surface area contributed by atoms with Gasteiger partial charge in [0.15, 0.2) is 0 Å². The van der Waals surface area contributed by atoms with Gasteiger partial charge in [0.25, 0.3) is 0 Å². The number of ether oxygens (including phenoxy) is 1. The molecule has 0 aliphatic carbocycles. The standard InChI is InChI=1S/C16H26N2O3S/c1-4-18(22(19,20)13-15-9-10-21-12-15)11-14-5-7-16(8-6-14)17(2)3/h5-8,15H,4,9-13H2,1-3H3/t15-/m1/s1. The van der Waals surface area contributed by atoms with E-state index in [1.165, 1.54) is 0 Å². The average molecular weight is 326 g/mol. The molecule has 1 aliphatic rings. The van der Waals surface area contributed by atoms with Gasteiger partial charge in [-0.1, -0.05) is 19.1 Å². The van der Waals surface area contributed by atoms with Crippen LogP contribution in [0, 0.1) is 5.92 Å². The predicted molar refractivity (Wildman–Crippen MR) is 89.6 cm³/mol. The third-order valence-corrected chi connectivity index (χ3v) is 6.09. The minimum atomic E-state index is -3.24. The third-order valence-electron chi connectivity index (χ3n) is 4.03. The van der Waals surface area contributed by atoms with Crippen molar-refractivity contribution in [1.82, 2.24) is 4.31 Å². The minimum absolute atomic E-state index is 0.134. The Morgan fingerprint density at radius 3 is 2.41 bits per heavy atom. The van der Waals surface area contributed by atoms with Crippen LogP contribution in [0.1, 0.15) is 18.9 Å². The van der Waals surface area contributed by atoms with Crippen molar-refractivity contribution >= 4 is 15.7 Å². The number of hydrogen-bond donors (Lipinski definition) is 0. The van der Waals surface area contributed by atoms with Gasteiger partial charge in [0, 0.05) is 39.5 Å². The number of rotatable bonds is 7. The largest absolute Gasteiger partial charge is 0.381 e. The maximum absolute atomic E-state index is 12.6. The fraction of sp³-hybridized carbons (Fsp3) is 0.625. The molecule has 2 rings (SSSR count). The highest BCUT2D eigenvalue weighted by atomic mass is 32.2. The molecule has 1 atom stereocenters. The van der Waals surface area contributed by atoms with Gasteiger partial charge in [-0.15, -0.1) is 0 Å². The van der Waals surface area contributed by atoms with Crippen LogP contribution in [0.25, 0.3) is 0 Å². The van der Waals surface area contributed by atoms with E-state index < -0.39 is 10.0 Å². The Labute approximate surface area is 133 Å². The van der Waals surface area contributed by atoms with Gasteiger partial charge in [-0.05, 0) is 30.0 Å². The van der Waals surface area contributed by atoms with E-state index in [0.29, 0.717) is 26.3 Å². The minimum Gasteiger partial charge on any atom is -0.381 e. The number of hydrogen-bond acceptors (Lipinski definition) is 4. The van der Waals surface area contributed by atoms with E-state index in [2.05, 4.69) is 0 Å². The average Bonchev–Trinajstić information content (AvgIpc) is 2.97. The lowest BCUT2D eigenvalue weighted by molar-refractivity contribution is 0.188. The van der Waals surface area contributed by atoms with E-state index in [1.54, 1.807) is 4.31 Å². The molecule has 0 bridgehead atoms. The van der Waals surface area contributed by atoms with Crippen LogP contribution in [0.4, 0.5) is 5.69 Å². The summed E-state index contributed by atoms with van der Waals surface area (Å²) in [6.45, 7) is 4.05. The first-order valence-electron chi connectivity index (χ1n) is 7.74. The van der Waals surface area contributed by atoms with Gasteiger partial charge >= 0.3 is 0 Å². The van der Waals surface area contributed by atoms with Crippen LogP contribution in [0.15, 0.2) is 24.3 Å². The molecule has 0 amide bonds. The predicted octanol–water partition coefficient (Wildman–Crippen LogP) is 1.94. The molecular weight excluding hydrogens is 300 g/mol. The van der Waals surface area contributed by atoms with Crippen molar-refractivity contribution in [3.8, 4) is 0 Å². The molecule has 1 saturated heterocycles. The van der Waals surface area contributed by atoms with Crippen LogP contribution in [0.3, 0.4) is 0 Å². The summed E-state index contributed by atoms with van der Waals surface area (Å²) in [6.07, 6.45) is 0.842. The maximum atomic E-state index is 12.6. The second-order valence-corrected chi connectivity index (χ2v) is 8.01. The number of nitrogens with zero attached hydrogens (tertiary/aromatic N) is 2. The zero-order chi connectivity index (χ0) is 16.2. The van der Waals surface area contributed by atoms with Crippen LogP contribution in [-0.4, -0.2) is 52.3 Å². The third kappa shape index (κ3) is 4.44. The van der Waals surface area contributed by atoms with E-state index in [9.17, 15) is 8.42 Å². The van der Waals surface area contributed by atoms with Crippen molar-refractivity contribution in [3.05, 3.63) is 29.8 Å². The Bertz CT molecular complexity index is 564. The lowest BCUT2D eigenvalue weighted by atomic mass is 10.2. The number of anilines is 1. The first-order valence-corrected chi connectivity index (χ1v) is 9.35. The Hall–Kier alpha value is -1.11. The van der Waals surface area contributed by atoms with E-state index >= 15 is 0 Å². The summed E-state index contributed by atoms with van der Waals surface area (Å²) in [6, 6.07) is 8.01. The van der Waals surface area contributed by atoms with Crippen LogP contribution in [0.5, 0.6) is 0 Å². The Kier molecular flexibility index (Phi) is 5.83. The Morgan fingerprint density at radius 2 is 1.91 bits per heavy atom. The molecule has 0 saturated carbocycles. The molecule has 22 heavy (non-hydrogen) atoms. The van der Waals surface area contributed by atoms with Crippen molar-refractivity contribution in [1.29, 1.82) is 0 Å². The molecule has 0 radical (unpaired) electrons. The van der Waals surface area contributed by atoms with Crippen molar-refractivity contribution in [2.45, 2.75) is 19.9 Å². The second kappa shape index (κ2) is 7.44. The Morgan fingerprint density at radius 1 is 1.23 bits per heavy atom. The van der Waals surface area contributed by atoms with Gasteiger partial charge < -0.3 is 9.64 Å². The van der Waals surface area contributed by atoms with Gasteiger partial charge in [-0.25, -0.2) is 8.42 Å². The Balaban J connectivity index is 2.03. The van der Waals surface area contributed by atoms with E-state index in [4.69, 9.17) is 4.74 Å². The molecule has 0 unspecified atom stereocenters. The van der Waals surface area contributed by atoms with E-state index in [-0.39, 0.29) is 11.7 Å². The monoisotopic (exact) mass is 326 g/mol. The zero-order valence-electron chi connectivity index (χ0n) is 13.7. The molecule has 1 aromatic carbocycles. The van der Waals surface area contributed by atoms with Crippen LogP contribution >= 0.6 is 0 Å². The molecule has 1 fully saturated rings. The highest BCUT2D eigenvalue weighted by molar-refractivity contribution is 7.89. The van der Waals surface area contributed by atoms with Gasteiger partial charge in [0.05, 0.1) is 12.4 Å². The zero-order valence-corrected chi connectivity index (χ0v) is 14.5. The molecule has 0 N–H and O–H groups in total. The first-order chi connectivity index (χ1) is 10.4. The highest BCUT2D eigenvalue weighted by Crippen LogP contribution is 2.19. The molecule has 1 heterocycles. The van der Waals surface area contributed by atoms with Gasteiger partial charge in [-0.3, -0.25) is 0 Å². The van der Waals surface area contributed by atoms with Gasteiger partial charge in [0.1, 0.15) is 0 Å². The van der Waals surface area contributed by atoms with Gasteiger partial charge in [0.2, 0.25) is 10.0 Å². The molecule has 0 spiro atoms. The lowest BCUT2D eigenvalue weighted by Gasteiger charge is -2.22. The highest BCUT2D eigenvalue weighted by Gasteiger charge is 2.27. The van der Waals surface area contributed by atoms with Gasteiger partial charge in [-0.2, -0.15) is 4.31 Å². The molecular formula is C16H26N2O3S. The summed E-state index contributed by atoms with van der Waals surface area (Å²) >= 11 is 0. The van der Waals surface area contributed by atoms with E-state index in [1.807, 2.05) is 50.2 Å².